The van der Waals surface area contributed by atoms with Crippen molar-refractivity contribution in [2.75, 3.05) is 0 Å². The molecule has 0 spiro atoms. The molecule has 2 heterocycles. The molecule has 2 aromatic heterocycles. The van der Waals surface area contributed by atoms with Gasteiger partial charge in [0.25, 0.3) is 0 Å². The van der Waals surface area contributed by atoms with Gasteiger partial charge >= 0.3 is 0 Å². The predicted octanol–water partition coefficient (Wildman–Crippen LogP) is 9.51. The molecule has 0 aliphatic heterocycles. The van der Waals surface area contributed by atoms with Crippen LogP contribution in [0.25, 0.3) is 33.8 Å². The van der Waals surface area contributed by atoms with E-state index in [1.54, 1.807) is 0 Å². The van der Waals surface area contributed by atoms with Crippen molar-refractivity contribution in [3.8, 4) is 33.8 Å². The Morgan fingerprint density at radius 2 is 1.36 bits per heavy atom. The molecule has 0 saturated carbocycles. The number of rotatable bonds is 5. The number of hydrogen-bond acceptors (Lipinski definition) is 3. The zero-order valence-corrected chi connectivity index (χ0v) is 28.7. The average Bonchev–Trinajstić information content (AvgIpc) is 2.93. The van der Waals surface area contributed by atoms with Gasteiger partial charge in [0.1, 0.15) is 0 Å². The van der Waals surface area contributed by atoms with Crippen molar-refractivity contribution >= 4 is 0 Å². The van der Waals surface area contributed by atoms with E-state index in [-0.39, 0.29) is 20.1 Å². The molecular weight excluding hydrogens is 691 g/mol. The summed E-state index contributed by atoms with van der Waals surface area (Å²) in [4.78, 5) is 13.6. The van der Waals surface area contributed by atoms with Crippen molar-refractivity contribution < 1.29 is 20.1 Å². The molecule has 0 N–H and O–H groups in total. The van der Waals surface area contributed by atoms with Crippen LogP contribution < -0.4 is 0 Å². The van der Waals surface area contributed by atoms with Gasteiger partial charge in [-0.05, 0) is 86.5 Å². The van der Waals surface area contributed by atoms with E-state index >= 15 is 0 Å². The van der Waals surface area contributed by atoms with E-state index in [4.69, 9.17) is 0 Å². The average molecular weight is 732 g/mol. The first-order chi connectivity index (χ1) is 19.5. The van der Waals surface area contributed by atoms with Crippen molar-refractivity contribution in [2.24, 2.45) is 5.92 Å². The molecule has 0 aliphatic rings. The molecule has 219 valence electrons. The third-order valence-electron chi connectivity index (χ3n) is 7.45. The van der Waals surface area contributed by atoms with Crippen LogP contribution >= 0.6 is 0 Å². The molecule has 3 nitrogen and oxygen atoms in total. The number of benzene rings is 3. The molecule has 0 aliphatic carbocycles. The minimum Gasteiger partial charge on any atom is -0.302 e. The summed E-state index contributed by atoms with van der Waals surface area (Å²) in [5.41, 5.74) is 15.5. The third kappa shape index (κ3) is 8.53. The summed E-state index contributed by atoms with van der Waals surface area (Å²) in [5, 5.41) is 0. The Kier molecular flexibility index (Phi) is 11.5. The number of hydrogen-bond donors (Lipinski definition) is 0. The van der Waals surface area contributed by atoms with Crippen molar-refractivity contribution in [1.29, 1.82) is 0 Å². The Morgan fingerprint density at radius 3 is 1.95 bits per heavy atom. The van der Waals surface area contributed by atoms with Gasteiger partial charge in [0.05, 0.1) is 5.82 Å². The third-order valence-corrected chi connectivity index (χ3v) is 7.45. The molecule has 0 saturated heterocycles. The van der Waals surface area contributed by atoms with Crippen LogP contribution in [0.4, 0.5) is 0 Å². The number of nitrogens with zero attached hydrogens (tertiary/aromatic N) is 3. The fraction of sp³-hybridized carbons (Fsp3) is 0.289. The van der Waals surface area contributed by atoms with Gasteiger partial charge in [-0.3, -0.25) is 9.97 Å². The van der Waals surface area contributed by atoms with Crippen LogP contribution in [-0.4, -0.2) is 15.0 Å². The van der Waals surface area contributed by atoms with E-state index in [1.807, 2.05) is 31.5 Å². The molecule has 0 unspecified atom stereocenters. The summed E-state index contributed by atoms with van der Waals surface area (Å²) >= 11 is 0. The first-order valence-corrected chi connectivity index (χ1v) is 14.4. The smallest absolute Gasteiger partial charge is 0.0748 e. The van der Waals surface area contributed by atoms with E-state index in [9.17, 15) is 0 Å². The minimum absolute atomic E-state index is 0. The molecule has 5 aromatic rings. The molecule has 4 heteroatoms. The maximum Gasteiger partial charge on any atom is 0.0748 e. The van der Waals surface area contributed by atoms with Crippen molar-refractivity contribution in [3.63, 3.8) is 0 Å². The van der Waals surface area contributed by atoms with Gasteiger partial charge in [-0.15, -0.1) is 70.3 Å². The zero-order valence-electron chi connectivity index (χ0n) is 26.3. The van der Waals surface area contributed by atoms with Gasteiger partial charge in [0.15, 0.2) is 0 Å². The Morgan fingerprint density at radius 1 is 0.690 bits per heavy atom. The second kappa shape index (κ2) is 14.6. The summed E-state index contributed by atoms with van der Waals surface area (Å²) in [6, 6.07) is 25.6. The Bertz CT molecular complexity index is 1610. The van der Waals surface area contributed by atoms with Crippen molar-refractivity contribution in [1.82, 2.24) is 15.0 Å². The maximum absolute atomic E-state index is 4.54. The molecular formula is C38H41IrN3-2. The SMILES string of the molecule is Cc1cc(-c2cc[c-]c(-c3ncc(CC(C)C)cn3)c2)cc(C)c1C.Cc1cc(C)nc(-c2[c-]cc(C)c(C)c2)c1.[Ir]. The van der Waals surface area contributed by atoms with Crippen LogP contribution in [0.3, 0.4) is 0 Å². The first kappa shape index (κ1) is 33.0. The molecule has 0 fully saturated rings. The minimum atomic E-state index is 0. The standard InChI is InChI=1S/C23H25N2.C15H16N.Ir/c1-15(2)9-19-13-24-23(25-14-19)21-8-6-7-20(12-21)22-10-16(3)18(5)17(4)11-22;1-10-7-13(4)16-15(8-10)14-6-5-11(2)12(3)9-14;/h6-7,10-15H,9H2,1-5H3;5,7-9H,1-4H3;/q2*-1;. The Labute approximate surface area is 266 Å². The summed E-state index contributed by atoms with van der Waals surface area (Å²) in [5.74, 6) is 1.34. The van der Waals surface area contributed by atoms with Crippen LogP contribution in [0.5, 0.6) is 0 Å². The summed E-state index contributed by atoms with van der Waals surface area (Å²) in [7, 11) is 0. The summed E-state index contributed by atoms with van der Waals surface area (Å²) in [6.07, 6.45) is 4.87. The van der Waals surface area contributed by atoms with Gasteiger partial charge in [0.2, 0.25) is 0 Å². The number of pyridine rings is 1. The van der Waals surface area contributed by atoms with Gasteiger partial charge in [0, 0.05) is 38.2 Å². The van der Waals surface area contributed by atoms with Crippen molar-refractivity contribution in [3.05, 3.63) is 124 Å². The van der Waals surface area contributed by atoms with E-state index in [0.29, 0.717) is 5.92 Å². The predicted molar refractivity (Wildman–Crippen MR) is 172 cm³/mol. The van der Waals surface area contributed by atoms with E-state index < -0.39 is 0 Å². The maximum atomic E-state index is 4.54. The fourth-order valence-corrected chi connectivity index (χ4v) is 4.85. The van der Waals surface area contributed by atoms with Crippen LogP contribution in [0, 0.1) is 66.5 Å². The second-order valence-electron chi connectivity index (χ2n) is 11.6. The van der Waals surface area contributed by atoms with Crippen LogP contribution in [0.15, 0.2) is 67.0 Å². The van der Waals surface area contributed by atoms with E-state index in [1.165, 1.54) is 50.1 Å². The molecule has 3 aromatic carbocycles. The Balaban J connectivity index is 0.000000247. The quantitative estimate of drug-likeness (QED) is 0.169. The van der Waals surface area contributed by atoms with Crippen molar-refractivity contribution in [2.45, 2.75) is 68.7 Å². The zero-order chi connectivity index (χ0) is 29.7. The van der Waals surface area contributed by atoms with Crippen LogP contribution in [0.1, 0.15) is 58.5 Å². The summed E-state index contributed by atoms with van der Waals surface area (Å²) < 4.78 is 0. The van der Waals surface area contributed by atoms with Crippen LogP contribution in [-0.2, 0) is 26.5 Å². The number of aromatic nitrogens is 3. The van der Waals surface area contributed by atoms with Crippen LogP contribution in [0.2, 0.25) is 0 Å². The number of aryl methyl sites for hydroxylation is 6. The molecule has 5 rings (SSSR count). The van der Waals surface area contributed by atoms with Gasteiger partial charge in [-0.1, -0.05) is 51.5 Å². The largest absolute Gasteiger partial charge is 0.302 e. The molecule has 0 bridgehead atoms. The first-order valence-electron chi connectivity index (χ1n) is 14.4. The van der Waals surface area contributed by atoms with E-state index in [0.717, 1.165) is 34.8 Å². The second-order valence-corrected chi connectivity index (χ2v) is 11.6. The Hall–Kier alpha value is -3.46. The molecule has 0 amide bonds. The topological polar surface area (TPSA) is 38.7 Å². The normalized spacial score (nSPS) is 10.6. The monoisotopic (exact) mass is 732 g/mol. The molecule has 1 radical (unpaired) electrons. The van der Waals surface area contributed by atoms with Gasteiger partial charge < -0.3 is 4.98 Å². The van der Waals surface area contributed by atoms with Gasteiger partial charge in [-0.25, -0.2) is 0 Å². The molecule has 42 heavy (non-hydrogen) atoms. The molecule has 0 atom stereocenters. The van der Waals surface area contributed by atoms with Gasteiger partial charge in [-0.2, -0.15) is 0 Å². The summed E-state index contributed by atoms with van der Waals surface area (Å²) in [6.45, 7) is 19.3. The fourth-order valence-electron chi connectivity index (χ4n) is 4.85. The van der Waals surface area contributed by atoms with E-state index in [2.05, 4.69) is 125 Å².